The number of aromatic nitrogens is 1. The van der Waals surface area contributed by atoms with Gasteiger partial charge >= 0.3 is 0 Å². The first-order chi connectivity index (χ1) is 8.33. The summed E-state index contributed by atoms with van der Waals surface area (Å²) in [5, 5.41) is 0.276. The largest absolute Gasteiger partial charge is 0.481 e. The molecular formula is C13H17NO3S. The highest BCUT2D eigenvalue weighted by Crippen LogP contribution is 2.17. The van der Waals surface area contributed by atoms with Gasteiger partial charge in [0.2, 0.25) is 5.88 Å². The molecule has 4 nitrogen and oxygen atoms in total. The molecule has 18 heavy (non-hydrogen) atoms. The highest BCUT2D eigenvalue weighted by molar-refractivity contribution is 7.80. The second-order valence-electron chi connectivity index (χ2n) is 4.75. The molecular weight excluding hydrogens is 250 g/mol. The zero-order chi connectivity index (χ0) is 13.8. The highest BCUT2D eigenvalue weighted by atomic mass is 32.1. The predicted octanol–water partition coefficient (Wildman–Crippen LogP) is 2.81. The Hall–Kier alpha value is -1.49. The molecule has 0 spiro atoms. The topological polar surface area (TPSA) is 48.4 Å². The summed E-state index contributed by atoms with van der Waals surface area (Å²) < 4.78 is 10.5. The molecule has 98 valence electrons. The van der Waals surface area contributed by atoms with Gasteiger partial charge in [-0.15, -0.1) is 0 Å². The van der Waals surface area contributed by atoms with E-state index >= 15 is 0 Å². The SMILES string of the molecule is COc1ncccc1C(=O)CC(=S)OC(C)(C)C. The van der Waals surface area contributed by atoms with E-state index in [0.717, 1.165) is 0 Å². The lowest BCUT2D eigenvalue weighted by Gasteiger charge is -2.21. The van der Waals surface area contributed by atoms with Crippen LogP contribution in [0, 0.1) is 0 Å². The normalized spacial score (nSPS) is 10.9. The number of nitrogens with zero attached hydrogens (tertiary/aromatic N) is 1. The van der Waals surface area contributed by atoms with Crippen LogP contribution in [-0.4, -0.2) is 28.5 Å². The Balaban J connectivity index is 2.74. The van der Waals surface area contributed by atoms with Crippen molar-refractivity contribution in [3.8, 4) is 5.88 Å². The molecule has 0 aliphatic heterocycles. The predicted molar refractivity (Wildman–Crippen MR) is 73.2 cm³/mol. The average molecular weight is 267 g/mol. The fraction of sp³-hybridized carbons (Fsp3) is 0.462. The van der Waals surface area contributed by atoms with Crippen molar-refractivity contribution < 1.29 is 14.3 Å². The van der Waals surface area contributed by atoms with E-state index in [1.54, 1.807) is 18.3 Å². The summed E-state index contributed by atoms with van der Waals surface area (Å²) in [6, 6.07) is 3.34. The van der Waals surface area contributed by atoms with Gasteiger partial charge in [-0.25, -0.2) is 4.98 Å². The second kappa shape index (κ2) is 5.91. The number of ether oxygens (including phenoxy) is 2. The molecule has 0 radical (unpaired) electrons. The molecule has 0 aliphatic rings. The number of carbonyl (C=O) groups excluding carboxylic acids is 1. The molecule has 0 saturated carbocycles. The second-order valence-corrected chi connectivity index (χ2v) is 5.20. The molecule has 0 atom stereocenters. The Morgan fingerprint density at radius 1 is 1.44 bits per heavy atom. The van der Waals surface area contributed by atoms with Crippen molar-refractivity contribution in [2.45, 2.75) is 32.8 Å². The van der Waals surface area contributed by atoms with Crippen molar-refractivity contribution in [1.82, 2.24) is 4.98 Å². The molecule has 1 heterocycles. The maximum absolute atomic E-state index is 12.0. The summed E-state index contributed by atoms with van der Waals surface area (Å²) in [5.74, 6) is 0.148. The molecule has 1 aromatic rings. The molecule has 0 N–H and O–H groups in total. The average Bonchev–Trinajstić information content (AvgIpc) is 2.26. The number of hydrogen-bond acceptors (Lipinski definition) is 5. The van der Waals surface area contributed by atoms with Crippen LogP contribution < -0.4 is 4.74 Å². The van der Waals surface area contributed by atoms with E-state index in [4.69, 9.17) is 21.7 Å². The van der Waals surface area contributed by atoms with Crippen molar-refractivity contribution in [3.63, 3.8) is 0 Å². The Morgan fingerprint density at radius 2 is 2.11 bits per heavy atom. The number of thiocarbonyl (C=S) groups is 1. The maximum atomic E-state index is 12.0. The van der Waals surface area contributed by atoms with Crippen LogP contribution in [0.1, 0.15) is 37.6 Å². The van der Waals surface area contributed by atoms with Gasteiger partial charge in [0.25, 0.3) is 0 Å². The minimum absolute atomic E-state index is 0.0503. The molecule has 0 fully saturated rings. The number of carbonyl (C=O) groups is 1. The van der Waals surface area contributed by atoms with E-state index in [9.17, 15) is 4.79 Å². The van der Waals surface area contributed by atoms with Crippen molar-refractivity contribution in [3.05, 3.63) is 23.9 Å². The quantitative estimate of drug-likeness (QED) is 0.620. The molecule has 5 heteroatoms. The Bertz CT molecular complexity index is 452. The van der Waals surface area contributed by atoms with Gasteiger partial charge < -0.3 is 9.47 Å². The minimum Gasteiger partial charge on any atom is -0.481 e. The third-order valence-electron chi connectivity index (χ3n) is 1.99. The lowest BCUT2D eigenvalue weighted by Crippen LogP contribution is -2.24. The number of rotatable bonds is 4. The van der Waals surface area contributed by atoms with E-state index in [2.05, 4.69) is 4.98 Å². The summed E-state index contributed by atoms with van der Waals surface area (Å²) in [4.78, 5) is 16.0. The van der Waals surface area contributed by atoms with E-state index in [1.165, 1.54) is 7.11 Å². The summed E-state index contributed by atoms with van der Waals surface area (Å²) >= 11 is 5.05. The van der Waals surface area contributed by atoms with Crippen LogP contribution in [0.4, 0.5) is 0 Å². The molecule has 0 unspecified atom stereocenters. The van der Waals surface area contributed by atoms with Gasteiger partial charge in [0, 0.05) is 6.20 Å². The first-order valence-corrected chi connectivity index (χ1v) is 5.98. The summed E-state index contributed by atoms with van der Waals surface area (Å²) in [7, 11) is 1.48. The summed E-state index contributed by atoms with van der Waals surface area (Å²) in [6.45, 7) is 5.65. The Morgan fingerprint density at radius 3 is 2.67 bits per heavy atom. The Labute approximate surface area is 112 Å². The zero-order valence-electron chi connectivity index (χ0n) is 11.0. The monoisotopic (exact) mass is 267 g/mol. The Kier molecular flexibility index (Phi) is 4.78. The number of ketones is 1. The standard InChI is InChI=1S/C13H17NO3S/c1-13(2,3)17-11(18)8-10(15)9-6-5-7-14-12(9)16-4/h5-7H,8H2,1-4H3. The van der Waals surface area contributed by atoms with Crippen LogP contribution in [0.15, 0.2) is 18.3 Å². The fourth-order valence-electron chi connectivity index (χ4n) is 1.37. The molecule has 0 bridgehead atoms. The van der Waals surface area contributed by atoms with E-state index in [0.29, 0.717) is 11.4 Å². The summed E-state index contributed by atoms with van der Waals surface area (Å²) in [5.41, 5.74) is 0.0241. The number of Topliss-reactive ketones (excluding diaryl/α,β-unsaturated/α-hetero) is 1. The van der Waals surface area contributed by atoms with Crippen LogP contribution in [0.5, 0.6) is 5.88 Å². The third-order valence-corrected chi connectivity index (χ3v) is 2.22. The van der Waals surface area contributed by atoms with Gasteiger partial charge in [0.05, 0.1) is 19.1 Å². The van der Waals surface area contributed by atoms with Crippen LogP contribution >= 0.6 is 12.2 Å². The van der Waals surface area contributed by atoms with Crippen LogP contribution in [-0.2, 0) is 4.74 Å². The van der Waals surface area contributed by atoms with Gasteiger partial charge in [-0.2, -0.15) is 0 Å². The van der Waals surface area contributed by atoms with Crippen LogP contribution in [0.25, 0.3) is 0 Å². The zero-order valence-corrected chi connectivity index (χ0v) is 11.8. The highest BCUT2D eigenvalue weighted by Gasteiger charge is 2.19. The number of hydrogen-bond donors (Lipinski definition) is 0. The first kappa shape index (κ1) is 14.6. The number of pyridine rings is 1. The lowest BCUT2D eigenvalue weighted by atomic mass is 10.1. The smallest absolute Gasteiger partial charge is 0.224 e. The molecule has 0 amide bonds. The van der Waals surface area contributed by atoms with Crippen molar-refractivity contribution in [1.29, 1.82) is 0 Å². The van der Waals surface area contributed by atoms with Gasteiger partial charge in [0.1, 0.15) is 5.60 Å². The molecule has 1 rings (SSSR count). The first-order valence-electron chi connectivity index (χ1n) is 5.57. The summed E-state index contributed by atoms with van der Waals surface area (Å²) in [6.07, 6.45) is 1.62. The molecule has 0 aromatic carbocycles. The van der Waals surface area contributed by atoms with Crippen molar-refractivity contribution >= 4 is 23.1 Å². The van der Waals surface area contributed by atoms with Crippen LogP contribution in [0.3, 0.4) is 0 Å². The number of methoxy groups -OCH3 is 1. The van der Waals surface area contributed by atoms with Gasteiger partial charge in [-0.3, -0.25) is 4.79 Å². The third kappa shape index (κ3) is 4.41. The van der Waals surface area contributed by atoms with Gasteiger partial charge in [-0.1, -0.05) is 0 Å². The van der Waals surface area contributed by atoms with Gasteiger partial charge in [-0.05, 0) is 45.1 Å². The van der Waals surface area contributed by atoms with E-state index in [-0.39, 0.29) is 17.3 Å². The molecule has 1 aromatic heterocycles. The molecule has 0 saturated heterocycles. The van der Waals surface area contributed by atoms with E-state index < -0.39 is 5.60 Å². The van der Waals surface area contributed by atoms with Gasteiger partial charge in [0.15, 0.2) is 10.8 Å². The molecule has 0 aliphatic carbocycles. The minimum atomic E-state index is -0.392. The van der Waals surface area contributed by atoms with Crippen LogP contribution in [0.2, 0.25) is 0 Å². The van der Waals surface area contributed by atoms with E-state index in [1.807, 2.05) is 20.8 Å². The lowest BCUT2D eigenvalue weighted by molar-refractivity contribution is 0.0950. The fourth-order valence-corrected chi connectivity index (χ4v) is 1.75. The maximum Gasteiger partial charge on any atom is 0.224 e. The van der Waals surface area contributed by atoms with Crippen molar-refractivity contribution in [2.75, 3.05) is 7.11 Å². The van der Waals surface area contributed by atoms with Crippen molar-refractivity contribution in [2.24, 2.45) is 0 Å².